The first-order chi connectivity index (χ1) is 7.33. The van der Waals surface area contributed by atoms with Crippen LogP contribution in [0.4, 0.5) is 0 Å². The smallest absolute Gasteiger partial charge is 0.169 e. The number of morpholine rings is 1. The van der Waals surface area contributed by atoms with Gasteiger partial charge in [-0.2, -0.15) is 0 Å². The Morgan fingerprint density at radius 2 is 2.27 bits per heavy atom. The van der Waals surface area contributed by atoms with Crippen molar-refractivity contribution in [2.24, 2.45) is 0 Å². The molecule has 0 aromatic rings. The molecule has 0 amide bonds. The van der Waals surface area contributed by atoms with Crippen molar-refractivity contribution in [1.82, 2.24) is 10.2 Å². The van der Waals surface area contributed by atoms with Crippen molar-refractivity contribution < 1.29 is 4.74 Å². The summed E-state index contributed by atoms with van der Waals surface area (Å²) in [4.78, 5) is 2.34. The van der Waals surface area contributed by atoms with Gasteiger partial charge in [-0.1, -0.05) is 12.8 Å². The summed E-state index contributed by atoms with van der Waals surface area (Å²) in [7, 11) is 0. The molecule has 0 aromatic carbocycles. The van der Waals surface area contributed by atoms with E-state index in [1.807, 2.05) is 0 Å². The highest BCUT2D eigenvalue weighted by Gasteiger charge is 2.35. The number of thiocarbonyl (C=S) groups is 1. The van der Waals surface area contributed by atoms with Crippen LogP contribution in [0.15, 0.2) is 0 Å². The Balaban J connectivity index is 2.00. The number of hydrogen-bond donors (Lipinski definition) is 1. The zero-order chi connectivity index (χ0) is 10.7. The van der Waals surface area contributed by atoms with Crippen LogP contribution in [0, 0.1) is 0 Å². The lowest BCUT2D eigenvalue weighted by molar-refractivity contribution is -0.0638. The maximum Gasteiger partial charge on any atom is 0.169 e. The number of rotatable bonds is 1. The van der Waals surface area contributed by atoms with E-state index in [1.54, 1.807) is 0 Å². The average Bonchev–Trinajstić information content (AvgIpc) is 2.28. The summed E-state index contributed by atoms with van der Waals surface area (Å²) in [5.74, 6) is 0. The molecule has 1 saturated heterocycles. The third kappa shape index (κ3) is 2.42. The van der Waals surface area contributed by atoms with E-state index in [4.69, 9.17) is 17.0 Å². The highest BCUT2D eigenvalue weighted by molar-refractivity contribution is 7.80. The van der Waals surface area contributed by atoms with Gasteiger partial charge in [-0.25, -0.2) is 0 Å². The minimum Gasteiger partial charge on any atom is -0.374 e. The molecule has 86 valence electrons. The summed E-state index contributed by atoms with van der Waals surface area (Å²) >= 11 is 5.40. The van der Waals surface area contributed by atoms with Gasteiger partial charge in [0, 0.05) is 13.1 Å². The molecule has 4 heteroatoms. The summed E-state index contributed by atoms with van der Waals surface area (Å²) in [5.41, 5.74) is 0. The minimum atomic E-state index is 0.420. The van der Waals surface area contributed by atoms with Crippen molar-refractivity contribution in [2.75, 3.05) is 19.7 Å². The van der Waals surface area contributed by atoms with Crippen molar-refractivity contribution in [3.8, 4) is 0 Å². The van der Waals surface area contributed by atoms with Gasteiger partial charge < -0.3 is 15.0 Å². The first-order valence-electron chi connectivity index (χ1n) is 5.99. The lowest BCUT2D eigenvalue weighted by Gasteiger charge is -2.44. The summed E-state index contributed by atoms with van der Waals surface area (Å²) in [5, 5.41) is 4.16. The Labute approximate surface area is 97.2 Å². The Hall–Kier alpha value is -0.350. The fourth-order valence-electron chi connectivity index (χ4n) is 2.60. The van der Waals surface area contributed by atoms with Crippen LogP contribution >= 0.6 is 12.2 Å². The van der Waals surface area contributed by atoms with Crippen LogP contribution in [0.25, 0.3) is 0 Å². The quantitative estimate of drug-likeness (QED) is 0.688. The van der Waals surface area contributed by atoms with Crippen molar-refractivity contribution in [3.05, 3.63) is 0 Å². The average molecular weight is 228 g/mol. The van der Waals surface area contributed by atoms with E-state index in [0.29, 0.717) is 12.1 Å². The number of nitrogens with one attached hydrogen (secondary N) is 1. The fraction of sp³-hybridized carbons (Fsp3) is 0.909. The van der Waals surface area contributed by atoms with Crippen LogP contribution in [-0.4, -0.2) is 41.9 Å². The zero-order valence-electron chi connectivity index (χ0n) is 9.37. The van der Waals surface area contributed by atoms with Crippen LogP contribution < -0.4 is 5.32 Å². The summed E-state index contributed by atoms with van der Waals surface area (Å²) in [6.45, 7) is 4.78. The van der Waals surface area contributed by atoms with E-state index in [2.05, 4.69) is 17.1 Å². The predicted octanol–water partition coefficient (Wildman–Crippen LogP) is 1.52. The highest BCUT2D eigenvalue weighted by atomic mass is 32.1. The van der Waals surface area contributed by atoms with Crippen molar-refractivity contribution in [3.63, 3.8) is 0 Å². The molecule has 2 fully saturated rings. The molecule has 1 aliphatic carbocycles. The van der Waals surface area contributed by atoms with Gasteiger partial charge in [0.2, 0.25) is 0 Å². The van der Waals surface area contributed by atoms with Crippen LogP contribution in [-0.2, 0) is 4.74 Å². The molecule has 1 heterocycles. The molecular weight excluding hydrogens is 208 g/mol. The monoisotopic (exact) mass is 228 g/mol. The third-order valence-electron chi connectivity index (χ3n) is 3.32. The van der Waals surface area contributed by atoms with E-state index in [1.165, 1.54) is 25.7 Å². The van der Waals surface area contributed by atoms with Gasteiger partial charge in [-0.3, -0.25) is 0 Å². The molecule has 15 heavy (non-hydrogen) atoms. The van der Waals surface area contributed by atoms with Gasteiger partial charge in [-0.05, 0) is 32.0 Å². The number of fused-ring (bicyclic) bond motifs is 1. The summed E-state index contributed by atoms with van der Waals surface area (Å²) in [6, 6.07) is 0.527. The summed E-state index contributed by atoms with van der Waals surface area (Å²) in [6.07, 6.45) is 5.48. The number of nitrogens with zero attached hydrogens (tertiary/aromatic N) is 1. The van der Waals surface area contributed by atoms with E-state index < -0.39 is 0 Å². The zero-order valence-corrected chi connectivity index (χ0v) is 10.2. The second kappa shape index (κ2) is 5.12. The molecule has 0 radical (unpaired) electrons. The predicted molar refractivity (Wildman–Crippen MR) is 65.0 cm³/mol. The van der Waals surface area contributed by atoms with Crippen molar-refractivity contribution in [1.29, 1.82) is 0 Å². The Kier molecular flexibility index (Phi) is 3.81. The Bertz CT molecular complexity index is 233. The molecule has 0 spiro atoms. The van der Waals surface area contributed by atoms with Crippen LogP contribution in [0.5, 0.6) is 0 Å². The number of ether oxygens (including phenoxy) is 1. The SMILES string of the molecule is CCNC(=S)N1CCOC2CCCCC21. The second-order valence-electron chi connectivity index (χ2n) is 4.29. The first kappa shape index (κ1) is 11.1. The molecular formula is C11H20N2OS. The highest BCUT2D eigenvalue weighted by Crippen LogP contribution is 2.28. The van der Waals surface area contributed by atoms with Gasteiger partial charge in [0.25, 0.3) is 0 Å². The largest absolute Gasteiger partial charge is 0.374 e. The molecule has 2 aliphatic rings. The minimum absolute atomic E-state index is 0.420. The van der Waals surface area contributed by atoms with E-state index >= 15 is 0 Å². The van der Waals surface area contributed by atoms with E-state index in [9.17, 15) is 0 Å². The van der Waals surface area contributed by atoms with Crippen molar-refractivity contribution in [2.45, 2.75) is 44.8 Å². The molecule has 2 unspecified atom stereocenters. The maximum atomic E-state index is 5.81. The topological polar surface area (TPSA) is 24.5 Å². The van der Waals surface area contributed by atoms with Crippen LogP contribution in [0.3, 0.4) is 0 Å². The molecule has 0 aromatic heterocycles. The molecule has 1 aliphatic heterocycles. The number of hydrogen-bond acceptors (Lipinski definition) is 2. The first-order valence-corrected chi connectivity index (χ1v) is 6.40. The lowest BCUT2D eigenvalue weighted by Crippen LogP contribution is -2.57. The molecule has 0 bridgehead atoms. The Morgan fingerprint density at radius 1 is 1.47 bits per heavy atom. The van der Waals surface area contributed by atoms with Crippen LogP contribution in [0.1, 0.15) is 32.6 Å². The molecule has 3 nitrogen and oxygen atoms in total. The standard InChI is InChI=1S/C11H20N2OS/c1-2-12-11(15)13-7-8-14-10-6-4-3-5-9(10)13/h9-10H,2-8H2,1H3,(H,12,15). The molecule has 2 atom stereocenters. The van der Waals surface area contributed by atoms with Crippen molar-refractivity contribution >= 4 is 17.3 Å². The molecule has 2 rings (SSSR count). The van der Waals surface area contributed by atoms with Gasteiger partial charge in [0.05, 0.1) is 18.8 Å². The normalized spacial score (nSPS) is 30.9. The molecule has 1 saturated carbocycles. The Morgan fingerprint density at radius 3 is 3.07 bits per heavy atom. The second-order valence-corrected chi connectivity index (χ2v) is 4.68. The van der Waals surface area contributed by atoms with Gasteiger partial charge in [-0.15, -0.1) is 0 Å². The summed E-state index contributed by atoms with van der Waals surface area (Å²) < 4.78 is 5.81. The van der Waals surface area contributed by atoms with E-state index in [0.717, 1.165) is 24.8 Å². The third-order valence-corrected chi connectivity index (χ3v) is 3.70. The van der Waals surface area contributed by atoms with E-state index in [-0.39, 0.29) is 0 Å². The lowest BCUT2D eigenvalue weighted by atomic mass is 9.90. The van der Waals surface area contributed by atoms with Gasteiger partial charge in [0.15, 0.2) is 5.11 Å². The van der Waals surface area contributed by atoms with Gasteiger partial charge >= 0.3 is 0 Å². The fourth-order valence-corrected chi connectivity index (χ4v) is 2.97. The van der Waals surface area contributed by atoms with Gasteiger partial charge in [0.1, 0.15) is 0 Å². The van der Waals surface area contributed by atoms with Crippen LogP contribution in [0.2, 0.25) is 0 Å². The molecule has 1 N–H and O–H groups in total. The maximum absolute atomic E-state index is 5.81.